The molecule has 2 N–H and O–H groups in total. The smallest absolute Gasteiger partial charge is 0.268 e. The highest BCUT2D eigenvalue weighted by atomic mass is 79.9. The number of amidine groups is 1. The first-order valence-electron chi connectivity index (χ1n) is 4.30. The zero-order valence-corrected chi connectivity index (χ0v) is 9.21. The summed E-state index contributed by atoms with van der Waals surface area (Å²) >= 11 is 3.15. The first-order valence-corrected chi connectivity index (χ1v) is 5.09. The molecule has 1 unspecified atom stereocenters. The molecule has 0 fully saturated rings. The average molecular weight is 260 g/mol. The van der Waals surface area contributed by atoms with Crippen LogP contribution in [-0.4, -0.2) is 34.5 Å². The van der Waals surface area contributed by atoms with E-state index in [-0.39, 0.29) is 5.91 Å². The van der Waals surface area contributed by atoms with Crippen molar-refractivity contribution in [3.8, 4) is 0 Å². The number of rotatable bonds is 0. The Morgan fingerprint density at radius 1 is 1.71 bits per heavy atom. The molecule has 0 aromatic carbocycles. The van der Waals surface area contributed by atoms with Crippen molar-refractivity contribution in [2.24, 2.45) is 5.10 Å². The summed E-state index contributed by atoms with van der Waals surface area (Å²) in [7, 11) is 0. The minimum atomic E-state index is -0.879. The Labute approximate surface area is 89.6 Å². The fourth-order valence-corrected chi connectivity index (χ4v) is 1.89. The number of amides is 1. The zero-order chi connectivity index (χ0) is 10.3. The van der Waals surface area contributed by atoms with E-state index in [2.05, 4.69) is 26.5 Å². The Morgan fingerprint density at radius 2 is 2.43 bits per heavy atom. The lowest BCUT2D eigenvalue weighted by Crippen LogP contribution is -2.39. The predicted octanol–water partition coefficient (Wildman–Crippen LogP) is 0.123. The van der Waals surface area contributed by atoms with Crippen molar-refractivity contribution in [1.82, 2.24) is 10.3 Å². The van der Waals surface area contributed by atoms with Crippen LogP contribution in [0.5, 0.6) is 0 Å². The van der Waals surface area contributed by atoms with E-state index in [1.165, 1.54) is 4.90 Å². The topological polar surface area (TPSA) is 64.9 Å². The molecular weight excluding hydrogens is 250 g/mol. The molecule has 5 nitrogen and oxygen atoms in total. The highest BCUT2D eigenvalue weighted by Crippen LogP contribution is 2.29. The maximum atomic E-state index is 11.7. The van der Waals surface area contributed by atoms with Crippen molar-refractivity contribution in [2.45, 2.75) is 19.6 Å². The monoisotopic (exact) mass is 259 g/mol. The summed E-state index contributed by atoms with van der Waals surface area (Å²) in [5, 5.41) is 13.7. The van der Waals surface area contributed by atoms with Gasteiger partial charge in [-0.25, -0.2) is 0 Å². The third-order valence-electron chi connectivity index (χ3n) is 2.33. The number of hydrazone groups is 1. The maximum Gasteiger partial charge on any atom is 0.268 e. The van der Waals surface area contributed by atoms with Crippen LogP contribution in [0.1, 0.15) is 13.3 Å². The van der Waals surface area contributed by atoms with Gasteiger partial charge in [0.2, 0.25) is 0 Å². The molecule has 1 atom stereocenters. The molecule has 6 heteroatoms. The lowest BCUT2D eigenvalue weighted by atomic mass is 10.3. The molecule has 0 bridgehead atoms. The van der Waals surface area contributed by atoms with Gasteiger partial charge < -0.3 is 10.5 Å². The molecule has 0 saturated carbocycles. The lowest BCUT2D eigenvalue weighted by molar-refractivity contribution is -0.125. The van der Waals surface area contributed by atoms with Crippen LogP contribution in [0.4, 0.5) is 0 Å². The van der Waals surface area contributed by atoms with E-state index in [1.807, 2.05) is 0 Å². The fraction of sp³-hybridized carbons (Fsp3) is 0.500. The second kappa shape index (κ2) is 3.36. The summed E-state index contributed by atoms with van der Waals surface area (Å²) in [4.78, 5) is 13.0. The van der Waals surface area contributed by atoms with Gasteiger partial charge in [0.25, 0.3) is 5.91 Å². The number of carbonyl (C=O) groups excluding carboxylic acids is 1. The van der Waals surface area contributed by atoms with Gasteiger partial charge in [-0.1, -0.05) is 0 Å². The molecule has 2 heterocycles. The lowest BCUT2D eigenvalue weighted by Gasteiger charge is -2.20. The van der Waals surface area contributed by atoms with Gasteiger partial charge in [-0.2, -0.15) is 5.10 Å². The first-order chi connectivity index (χ1) is 6.63. The highest BCUT2D eigenvalue weighted by Gasteiger charge is 2.38. The number of halogens is 1. The highest BCUT2D eigenvalue weighted by molar-refractivity contribution is 9.12. The quantitative estimate of drug-likeness (QED) is 0.650. The molecule has 2 aliphatic heterocycles. The number of carbonyl (C=O) groups is 1. The molecule has 14 heavy (non-hydrogen) atoms. The third kappa shape index (κ3) is 1.26. The molecule has 76 valence electrons. The van der Waals surface area contributed by atoms with E-state index in [0.717, 1.165) is 0 Å². The first kappa shape index (κ1) is 9.67. The molecule has 0 radical (unpaired) electrons. The summed E-state index contributed by atoms with van der Waals surface area (Å²) in [6, 6.07) is 0. The van der Waals surface area contributed by atoms with Crippen LogP contribution in [0.25, 0.3) is 0 Å². The normalized spacial score (nSPS) is 27.1. The van der Waals surface area contributed by atoms with E-state index in [4.69, 9.17) is 0 Å². The van der Waals surface area contributed by atoms with Gasteiger partial charge in [-0.15, -0.1) is 0 Å². The molecule has 0 aromatic rings. The summed E-state index contributed by atoms with van der Waals surface area (Å²) in [6.45, 7) is 2.43. The van der Waals surface area contributed by atoms with E-state index >= 15 is 0 Å². The van der Waals surface area contributed by atoms with Gasteiger partial charge in [-0.05, 0) is 28.4 Å². The molecule has 2 rings (SSSR count). The van der Waals surface area contributed by atoms with E-state index < -0.39 is 6.23 Å². The van der Waals surface area contributed by atoms with Crippen LogP contribution in [-0.2, 0) is 4.79 Å². The van der Waals surface area contributed by atoms with Crippen LogP contribution < -0.4 is 5.43 Å². The van der Waals surface area contributed by atoms with Crippen LogP contribution in [0.2, 0.25) is 0 Å². The van der Waals surface area contributed by atoms with E-state index in [0.29, 0.717) is 28.9 Å². The van der Waals surface area contributed by atoms with Crippen molar-refractivity contribution in [2.75, 3.05) is 6.54 Å². The van der Waals surface area contributed by atoms with Gasteiger partial charge in [-0.3, -0.25) is 9.69 Å². The van der Waals surface area contributed by atoms with E-state index in [9.17, 15) is 9.90 Å². The Morgan fingerprint density at radius 3 is 2.86 bits per heavy atom. The minimum absolute atomic E-state index is 0.225. The van der Waals surface area contributed by atoms with Gasteiger partial charge in [0.1, 0.15) is 5.84 Å². The number of nitrogens with one attached hydrogen (secondary N) is 1. The second-order valence-corrected chi connectivity index (χ2v) is 4.02. The largest absolute Gasteiger partial charge is 0.369 e. The summed E-state index contributed by atoms with van der Waals surface area (Å²) < 4.78 is 0.430. The number of aliphatic hydroxyl groups excluding tert-OH is 1. The summed E-state index contributed by atoms with van der Waals surface area (Å²) in [6.07, 6.45) is -0.216. The summed E-state index contributed by atoms with van der Waals surface area (Å²) in [5.74, 6) is 0.369. The van der Waals surface area contributed by atoms with Crippen molar-refractivity contribution in [3.63, 3.8) is 0 Å². The fourth-order valence-electron chi connectivity index (χ4n) is 1.50. The number of aliphatic hydroxyl groups is 1. The van der Waals surface area contributed by atoms with E-state index in [1.54, 1.807) is 6.92 Å². The third-order valence-corrected chi connectivity index (χ3v) is 3.30. The Balaban J connectivity index is 2.28. The van der Waals surface area contributed by atoms with Crippen molar-refractivity contribution < 1.29 is 9.90 Å². The Hall–Kier alpha value is -0.880. The number of nitrogens with zero attached hydrogens (tertiary/aromatic N) is 2. The second-order valence-electron chi connectivity index (χ2n) is 3.23. The van der Waals surface area contributed by atoms with Crippen molar-refractivity contribution in [3.05, 3.63) is 10.1 Å². The Kier molecular flexibility index (Phi) is 2.32. The Bertz CT molecular complexity index is 350. The SMILES string of the molecule is CC1=C(Br)C(=O)N(C2=NNCC2)C1O. The number of hydrogen-bond donors (Lipinski definition) is 2. The molecule has 0 spiro atoms. The van der Waals surface area contributed by atoms with Crippen molar-refractivity contribution >= 4 is 27.7 Å². The predicted molar refractivity (Wildman–Crippen MR) is 54.5 cm³/mol. The summed E-state index contributed by atoms with van der Waals surface area (Å²) in [5.41, 5.74) is 3.40. The molecule has 2 aliphatic rings. The standard InChI is InChI=1S/C8H10BrN3O2/c1-4-6(9)8(14)12(7(4)13)5-2-3-10-11-5/h7,10,13H,2-3H2,1H3. The van der Waals surface area contributed by atoms with Crippen LogP contribution >= 0.6 is 15.9 Å². The van der Waals surface area contributed by atoms with Gasteiger partial charge >= 0.3 is 0 Å². The molecule has 0 aromatic heterocycles. The van der Waals surface area contributed by atoms with Crippen LogP contribution in [0, 0.1) is 0 Å². The van der Waals surface area contributed by atoms with Crippen LogP contribution in [0.15, 0.2) is 15.2 Å². The minimum Gasteiger partial charge on any atom is -0.369 e. The van der Waals surface area contributed by atoms with Gasteiger partial charge in [0.05, 0.1) is 4.48 Å². The number of hydrogen-bond acceptors (Lipinski definition) is 4. The molecular formula is C8H10BrN3O2. The molecule has 0 aliphatic carbocycles. The average Bonchev–Trinajstić information content (AvgIpc) is 2.73. The van der Waals surface area contributed by atoms with Gasteiger partial charge in [0.15, 0.2) is 6.23 Å². The maximum absolute atomic E-state index is 11.7. The molecule has 1 amide bonds. The zero-order valence-electron chi connectivity index (χ0n) is 7.62. The van der Waals surface area contributed by atoms with Crippen LogP contribution in [0.3, 0.4) is 0 Å². The molecule has 0 saturated heterocycles. The van der Waals surface area contributed by atoms with Gasteiger partial charge in [0, 0.05) is 13.0 Å². The van der Waals surface area contributed by atoms with Crippen molar-refractivity contribution in [1.29, 1.82) is 0 Å².